The molecule has 5 nitrogen and oxygen atoms in total. The molecule has 142 valence electrons. The van der Waals surface area contributed by atoms with E-state index in [1.807, 2.05) is 0 Å². The van der Waals surface area contributed by atoms with Crippen LogP contribution in [0, 0.1) is 3.57 Å². The summed E-state index contributed by atoms with van der Waals surface area (Å²) in [7, 11) is -6.95. The Balaban J connectivity index is 3.31. The first-order chi connectivity index (χ1) is 11.0. The molecule has 0 saturated heterocycles. The normalized spacial score (nSPS) is 14.9. The summed E-state index contributed by atoms with van der Waals surface area (Å²) in [5.41, 5.74) is -0.680. The zero-order chi connectivity index (χ0) is 19.8. The maximum absolute atomic E-state index is 13.5. The third-order valence-corrected chi connectivity index (χ3v) is 4.28. The average Bonchev–Trinajstić information content (AvgIpc) is 2.42. The van der Waals surface area contributed by atoms with Crippen molar-refractivity contribution in [3.8, 4) is 0 Å². The van der Waals surface area contributed by atoms with Crippen LogP contribution in [0.2, 0.25) is 0 Å². The molecule has 1 atom stereocenters. The highest BCUT2D eigenvalue weighted by atomic mass is 127. The van der Waals surface area contributed by atoms with Gasteiger partial charge in [0.1, 0.15) is 0 Å². The van der Waals surface area contributed by atoms with Crippen LogP contribution in [0.1, 0.15) is 10.4 Å². The van der Waals surface area contributed by atoms with Gasteiger partial charge in [0.15, 0.2) is 0 Å². The second-order valence-corrected chi connectivity index (χ2v) is 7.16. The minimum atomic E-state index is -6.95. The number of hydrogen-bond donors (Lipinski definition) is 1. The molecule has 0 amide bonds. The first-order valence-electron chi connectivity index (χ1n) is 5.77. The first-order valence-corrected chi connectivity index (χ1v) is 8.29. The van der Waals surface area contributed by atoms with E-state index in [1.54, 1.807) is 22.6 Å². The van der Waals surface area contributed by atoms with Gasteiger partial charge in [0.05, 0.1) is 5.56 Å². The Morgan fingerprint density at radius 3 is 1.84 bits per heavy atom. The van der Waals surface area contributed by atoms with E-state index in [4.69, 9.17) is 4.55 Å². The fraction of sp³-hybridized carbons (Fsp3) is 0.364. The quantitative estimate of drug-likeness (QED) is 0.284. The first kappa shape index (κ1) is 21.9. The van der Waals surface area contributed by atoms with Crippen LogP contribution >= 0.6 is 22.6 Å². The Morgan fingerprint density at radius 2 is 1.48 bits per heavy atom. The Morgan fingerprint density at radius 1 is 1.04 bits per heavy atom. The van der Waals surface area contributed by atoms with Gasteiger partial charge in [-0.2, -0.15) is 39.2 Å². The topological polar surface area (TPSA) is 80.7 Å². The lowest BCUT2D eigenvalue weighted by Crippen LogP contribution is -2.60. The van der Waals surface area contributed by atoms with Crippen LogP contribution in [0.3, 0.4) is 0 Å². The number of esters is 1. The molecule has 1 aromatic rings. The van der Waals surface area contributed by atoms with Crippen molar-refractivity contribution in [3.05, 3.63) is 33.4 Å². The van der Waals surface area contributed by atoms with Gasteiger partial charge in [0, 0.05) is 3.57 Å². The Bertz CT molecular complexity index is 745. The minimum Gasteiger partial charge on any atom is -0.442 e. The summed E-state index contributed by atoms with van der Waals surface area (Å²) in [5, 5.41) is -6.56. The molecule has 1 aromatic carbocycles. The largest absolute Gasteiger partial charge is 0.442 e. The van der Waals surface area contributed by atoms with Crippen molar-refractivity contribution in [2.24, 2.45) is 0 Å². The van der Waals surface area contributed by atoms with Gasteiger partial charge in [-0.3, -0.25) is 4.55 Å². The lowest BCUT2D eigenvalue weighted by Gasteiger charge is -2.31. The molecule has 0 aliphatic carbocycles. The molecule has 1 unspecified atom stereocenters. The number of carbonyl (C=O) groups is 1. The van der Waals surface area contributed by atoms with Gasteiger partial charge in [0.25, 0.3) is 6.10 Å². The maximum atomic E-state index is 13.5. The van der Waals surface area contributed by atoms with Crippen LogP contribution < -0.4 is 0 Å². The molecule has 1 rings (SSSR count). The number of hydrogen-bond acceptors (Lipinski definition) is 4. The van der Waals surface area contributed by atoms with Crippen LogP contribution in [-0.4, -0.2) is 42.4 Å². The van der Waals surface area contributed by atoms with E-state index in [-0.39, 0.29) is 0 Å². The lowest BCUT2D eigenvalue weighted by molar-refractivity contribution is -0.304. The molecule has 0 aliphatic heterocycles. The van der Waals surface area contributed by atoms with E-state index in [2.05, 4.69) is 4.74 Å². The fourth-order valence-corrected chi connectivity index (χ4v) is 2.24. The highest BCUT2D eigenvalue weighted by molar-refractivity contribution is 14.1. The van der Waals surface area contributed by atoms with E-state index in [0.717, 1.165) is 12.1 Å². The number of ether oxygens (including phenoxy) is 1. The number of alkyl halides is 7. The van der Waals surface area contributed by atoms with Gasteiger partial charge in [-0.1, -0.05) is 0 Å². The SMILES string of the molecule is O=C(OC(C(F)(F)F)C(F)(F)C(F)(F)S(=O)(=O)O)c1ccc(I)cc1. The van der Waals surface area contributed by atoms with Crippen molar-refractivity contribution in [2.45, 2.75) is 23.5 Å². The van der Waals surface area contributed by atoms with Crippen molar-refractivity contribution in [2.75, 3.05) is 0 Å². The highest BCUT2D eigenvalue weighted by Gasteiger charge is 2.76. The van der Waals surface area contributed by atoms with Gasteiger partial charge in [-0.25, -0.2) is 4.79 Å². The molecule has 0 aromatic heterocycles. The van der Waals surface area contributed by atoms with E-state index in [0.29, 0.717) is 3.57 Å². The van der Waals surface area contributed by atoms with Crippen molar-refractivity contribution in [1.29, 1.82) is 0 Å². The summed E-state index contributed by atoms with van der Waals surface area (Å²) in [6.45, 7) is 0. The van der Waals surface area contributed by atoms with Gasteiger partial charge >= 0.3 is 33.4 Å². The molecule has 0 bridgehead atoms. The van der Waals surface area contributed by atoms with Crippen molar-refractivity contribution >= 4 is 38.7 Å². The minimum absolute atomic E-state index is 0.504. The molecule has 25 heavy (non-hydrogen) atoms. The highest BCUT2D eigenvalue weighted by Crippen LogP contribution is 2.46. The zero-order valence-electron chi connectivity index (χ0n) is 11.4. The summed E-state index contributed by atoms with van der Waals surface area (Å²) in [4.78, 5) is 11.5. The molecule has 1 N–H and O–H groups in total. The van der Waals surface area contributed by atoms with Crippen LogP contribution in [0.15, 0.2) is 24.3 Å². The van der Waals surface area contributed by atoms with E-state index in [9.17, 15) is 43.9 Å². The summed E-state index contributed by atoms with van der Waals surface area (Å²) in [6.07, 6.45) is -11.1. The third-order valence-electron chi connectivity index (χ3n) is 2.64. The number of carbonyl (C=O) groups excluding carboxylic acids is 1. The molecular formula is C11H6F7IO5S. The summed E-state index contributed by atoms with van der Waals surface area (Å²) in [6, 6.07) is 4.11. The molecule has 14 heteroatoms. The van der Waals surface area contributed by atoms with Gasteiger partial charge < -0.3 is 4.74 Å². The fourth-order valence-electron chi connectivity index (χ4n) is 1.43. The molecule has 0 heterocycles. The average molecular weight is 510 g/mol. The van der Waals surface area contributed by atoms with Gasteiger partial charge in [-0.15, -0.1) is 0 Å². The smallest absolute Gasteiger partial charge is 0.435 e. The van der Waals surface area contributed by atoms with E-state index in [1.165, 1.54) is 12.1 Å². The van der Waals surface area contributed by atoms with Crippen molar-refractivity contribution in [1.82, 2.24) is 0 Å². The second-order valence-electron chi connectivity index (χ2n) is 4.45. The van der Waals surface area contributed by atoms with Crippen molar-refractivity contribution in [3.63, 3.8) is 0 Å². The van der Waals surface area contributed by atoms with Crippen LogP contribution in [0.5, 0.6) is 0 Å². The van der Waals surface area contributed by atoms with Gasteiger partial charge in [0.2, 0.25) is 0 Å². The Kier molecular flexibility index (Phi) is 6.01. The second kappa shape index (κ2) is 6.86. The number of halogens is 8. The summed E-state index contributed by atoms with van der Waals surface area (Å²) in [5.74, 6) is -8.55. The maximum Gasteiger partial charge on any atom is 0.435 e. The molecular weight excluding hydrogens is 504 g/mol. The molecule has 0 fully saturated rings. The van der Waals surface area contributed by atoms with Crippen LogP contribution in [0.25, 0.3) is 0 Å². The third kappa shape index (κ3) is 4.52. The molecule has 0 aliphatic rings. The summed E-state index contributed by atoms with van der Waals surface area (Å²) >= 11 is 1.74. The standard InChI is InChI=1S/C11H6F7IO5S/c12-9(13,11(17,18)25(21,22)23)8(10(14,15)16)24-7(20)5-1-3-6(19)4-2-5/h1-4,8H,(H,21,22,23). The predicted octanol–water partition coefficient (Wildman–Crippen LogP) is 3.49. The monoisotopic (exact) mass is 510 g/mol. The number of benzene rings is 1. The number of rotatable bonds is 5. The molecule has 0 radical (unpaired) electrons. The molecule has 0 spiro atoms. The molecule has 0 saturated carbocycles. The van der Waals surface area contributed by atoms with Crippen LogP contribution in [-0.2, 0) is 14.9 Å². The van der Waals surface area contributed by atoms with Crippen LogP contribution in [0.4, 0.5) is 30.7 Å². The lowest BCUT2D eigenvalue weighted by atomic mass is 10.1. The van der Waals surface area contributed by atoms with E-state index < -0.39 is 45.1 Å². The Hall–Kier alpha value is -1.16. The zero-order valence-corrected chi connectivity index (χ0v) is 14.4. The van der Waals surface area contributed by atoms with E-state index >= 15 is 0 Å². The Labute approximate surface area is 149 Å². The van der Waals surface area contributed by atoms with Gasteiger partial charge in [-0.05, 0) is 46.9 Å². The predicted molar refractivity (Wildman–Crippen MR) is 75.9 cm³/mol. The van der Waals surface area contributed by atoms with Crippen molar-refractivity contribution < 1.29 is 53.2 Å². The summed E-state index contributed by atoms with van der Waals surface area (Å²) < 4.78 is 124.